The number of nitrogens with zero attached hydrogens (tertiary/aromatic N) is 2. The van der Waals surface area contributed by atoms with Crippen LogP contribution in [0.25, 0.3) is 10.9 Å². The van der Waals surface area contributed by atoms with Crippen molar-refractivity contribution in [1.29, 1.82) is 0 Å². The maximum Gasteiger partial charge on any atom is 0.197 e. The number of fused-ring (bicyclic) bond motifs is 1. The molecule has 1 aliphatic heterocycles. The summed E-state index contributed by atoms with van der Waals surface area (Å²) in [7, 11) is 0. The lowest BCUT2D eigenvalue weighted by atomic mass is 9.83. The first-order valence-corrected chi connectivity index (χ1v) is 9.48. The number of halogens is 1. The summed E-state index contributed by atoms with van der Waals surface area (Å²) in [6.07, 6.45) is 9.02. The summed E-state index contributed by atoms with van der Waals surface area (Å²) < 4.78 is 13.8. The molecule has 28 heavy (non-hydrogen) atoms. The van der Waals surface area contributed by atoms with E-state index in [1.165, 1.54) is 31.4 Å². The van der Waals surface area contributed by atoms with E-state index in [9.17, 15) is 4.39 Å². The fourth-order valence-corrected chi connectivity index (χ4v) is 3.74. The van der Waals surface area contributed by atoms with E-state index in [0.29, 0.717) is 18.4 Å². The van der Waals surface area contributed by atoms with E-state index in [-0.39, 0.29) is 5.82 Å². The highest BCUT2D eigenvalue weighted by molar-refractivity contribution is 5.85. The van der Waals surface area contributed by atoms with E-state index >= 15 is 0 Å². The van der Waals surface area contributed by atoms with Crippen LogP contribution in [0, 0.1) is 5.82 Å². The van der Waals surface area contributed by atoms with Crippen LogP contribution in [0.15, 0.2) is 47.7 Å². The number of benzene rings is 1. The van der Waals surface area contributed by atoms with Crippen molar-refractivity contribution in [2.45, 2.75) is 37.4 Å². The molecular weight excluding hydrogens is 357 g/mol. The number of aromatic amines is 2. The normalized spacial score (nSPS) is 23.6. The van der Waals surface area contributed by atoms with Crippen molar-refractivity contribution in [3.05, 3.63) is 65.5 Å². The molecule has 1 atom stereocenters. The topological polar surface area (TPSA) is 107 Å². The first-order valence-electron chi connectivity index (χ1n) is 9.48. The second-order valence-electron chi connectivity index (χ2n) is 7.48. The van der Waals surface area contributed by atoms with Gasteiger partial charge in [-0.05, 0) is 48.7 Å². The Morgan fingerprint density at radius 2 is 2.18 bits per heavy atom. The highest BCUT2D eigenvalue weighted by Crippen LogP contribution is 2.36. The molecule has 1 saturated carbocycles. The fourth-order valence-electron chi connectivity index (χ4n) is 3.74. The van der Waals surface area contributed by atoms with Crippen LogP contribution in [0.2, 0.25) is 0 Å². The molecule has 5 rings (SSSR count). The number of guanidine groups is 1. The van der Waals surface area contributed by atoms with E-state index in [4.69, 9.17) is 5.73 Å². The zero-order valence-electron chi connectivity index (χ0n) is 15.3. The third-order valence-corrected chi connectivity index (χ3v) is 5.58. The highest BCUT2D eigenvalue weighted by atomic mass is 19.1. The maximum absolute atomic E-state index is 13.8. The molecule has 0 saturated heterocycles. The van der Waals surface area contributed by atoms with Gasteiger partial charge in [-0.25, -0.2) is 9.38 Å². The van der Waals surface area contributed by atoms with Crippen molar-refractivity contribution < 1.29 is 4.39 Å². The predicted octanol–water partition coefficient (Wildman–Crippen LogP) is 2.67. The average molecular weight is 379 g/mol. The molecule has 2 aliphatic rings. The Labute approximate surface area is 161 Å². The van der Waals surface area contributed by atoms with Crippen molar-refractivity contribution in [3.8, 4) is 0 Å². The molecule has 0 radical (unpaired) electrons. The molecule has 0 bridgehead atoms. The molecule has 3 heterocycles. The summed E-state index contributed by atoms with van der Waals surface area (Å²) in [5, 5.41) is 14.8. The van der Waals surface area contributed by atoms with Gasteiger partial charge < -0.3 is 21.4 Å². The van der Waals surface area contributed by atoms with Crippen LogP contribution in [-0.4, -0.2) is 21.1 Å². The van der Waals surface area contributed by atoms with Crippen LogP contribution in [0.5, 0.6) is 0 Å². The van der Waals surface area contributed by atoms with Gasteiger partial charge in [0.2, 0.25) is 0 Å². The fraction of sp³-hybridized carbons (Fsp3) is 0.300. The molecule has 7 nitrogen and oxygen atoms in total. The molecule has 3 aromatic rings. The van der Waals surface area contributed by atoms with Crippen LogP contribution in [0.4, 0.5) is 4.39 Å². The van der Waals surface area contributed by atoms with E-state index in [0.717, 1.165) is 27.9 Å². The van der Waals surface area contributed by atoms with Crippen LogP contribution in [-0.2, 0) is 12.2 Å². The molecule has 1 unspecified atom stereocenters. The van der Waals surface area contributed by atoms with E-state index in [1.54, 1.807) is 12.4 Å². The Balaban J connectivity index is 1.37. The molecule has 1 aromatic carbocycles. The summed E-state index contributed by atoms with van der Waals surface area (Å²) in [6.45, 7) is 0.319. The lowest BCUT2D eigenvalue weighted by molar-refractivity contribution is 0.410. The molecule has 1 aliphatic carbocycles. The van der Waals surface area contributed by atoms with E-state index in [1.807, 2.05) is 18.2 Å². The van der Waals surface area contributed by atoms with Crippen LogP contribution in [0.1, 0.15) is 42.1 Å². The standard InChI is InChI=1S/C20H22FN7/c21-14-8-13(15-4-6-23-17(15)9-14)11-25-19-24-7-5-20(22,26-19)18-10-16(27-28-18)12-2-1-3-12/h4-10,12,23H,1-3,11,22H2,(H,27,28)(H2,24,25,26). The SMILES string of the molecule is NC1(c2cc(C3CCC3)[nH]n2)C=CNC(=NCc2cc(F)cc3[nH]ccc23)N1. The zero-order valence-corrected chi connectivity index (χ0v) is 15.3. The largest absolute Gasteiger partial charge is 0.361 e. The number of aliphatic imine (C=N–C) groups is 1. The number of aromatic nitrogens is 3. The van der Waals surface area contributed by atoms with Gasteiger partial charge in [0.05, 0.1) is 6.54 Å². The molecule has 2 aromatic heterocycles. The van der Waals surface area contributed by atoms with Gasteiger partial charge >= 0.3 is 0 Å². The Hall–Kier alpha value is -3.13. The number of nitrogens with two attached hydrogens (primary N) is 1. The predicted molar refractivity (Wildman–Crippen MR) is 106 cm³/mol. The first kappa shape index (κ1) is 17.0. The second kappa shape index (κ2) is 6.49. The minimum Gasteiger partial charge on any atom is -0.361 e. The van der Waals surface area contributed by atoms with E-state index < -0.39 is 5.66 Å². The number of hydrogen-bond acceptors (Lipinski definition) is 3. The van der Waals surface area contributed by atoms with Crippen molar-refractivity contribution in [1.82, 2.24) is 25.8 Å². The third-order valence-electron chi connectivity index (χ3n) is 5.58. The molecule has 144 valence electrons. The summed E-state index contributed by atoms with van der Waals surface area (Å²) in [5.41, 5.74) is 9.01. The number of rotatable bonds is 4. The maximum atomic E-state index is 13.8. The average Bonchev–Trinajstić information content (AvgIpc) is 3.28. The molecule has 0 spiro atoms. The number of H-pyrrole nitrogens is 2. The monoisotopic (exact) mass is 379 g/mol. The van der Waals surface area contributed by atoms with Gasteiger partial charge in [-0.3, -0.25) is 5.10 Å². The van der Waals surface area contributed by atoms with Crippen LogP contribution >= 0.6 is 0 Å². The summed E-state index contributed by atoms with van der Waals surface area (Å²) >= 11 is 0. The smallest absolute Gasteiger partial charge is 0.197 e. The van der Waals surface area contributed by atoms with Gasteiger partial charge in [-0.2, -0.15) is 5.10 Å². The minimum atomic E-state index is -0.950. The highest BCUT2D eigenvalue weighted by Gasteiger charge is 2.32. The molecular formula is C20H22FN7. The van der Waals surface area contributed by atoms with E-state index in [2.05, 4.69) is 30.8 Å². The van der Waals surface area contributed by atoms with Crippen LogP contribution in [0.3, 0.4) is 0 Å². The molecule has 6 N–H and O–H groups in total. The molecule has 0 amide bonds. The van der Waals surface area contributed by atoms with Gasteiger partial charge in [-0.1, -0.05) is 6.42 Å². The quantitative estimate of drug-likeness (QED) is 0.480. The van der Waals surface area contributed by atoms with Crippen molar-refractivity contribution in [2.24, 2.45) is 10.7 Å². The Bertz CT molecular complexity index is 1080. The molecule has 8 heteroatoms. The van der Waals surface area contributed by atoms with Crippen molar-refractivity contribution in [2.75, 3.05) is 0 Å². The second-order valence-corrected chi connectivity index (χ2v) is 7.48. The van der Waals surface area contributed by atoms with Crippen molar-refractivity contribution >= 4 is 16.9 Å². The summed E-state index contributed by atoms with van der Waals surface area (Å²) in [5.74, 6) is 0.786. The molecule has 1 fully saturated rings. The van der Waals surface area contributed by atoms with Gasteiger partial charge in [-0.15, -0.1) is 0 Å². The lowest BCUT2D eigenvalue weighted by Crippen LogP contribution is -2.57. The number of hydrogen-bond donors (Lipinski definition) is 5. The van der Waals surface area contributed by atoms with Gasteiger partial charge in [0.1, 0.15) is 11.5 Å². The first-order chi connectivity index (χ1) is 13.6. The third kappa shape index (κ3) is 2.95. The summed E-state index contributed by atoms with van der Waals surface area (Å²) in [4.78, 5) is 7.59. The minimum absolute atomic E-state index is 0.289. The van der Waals surface area contributed by atoms with Gasteiger partial charge in [0.25, 0.3) is 0 Å². The summed E-state index contributed by atoms with van der Waals surface area (Å²) in [6, 6.07) is 6.94. The van der Waals surface area contributed by atoms with Gasteiger partial charge in [0.15, 0.2) is 11.6 Å². The lowest BCUT2D eigenvalue weighted by Gasteiger charge is -2.30. The number of nitrogens with one attached hydrogen (secondary N) is 4. The Morgan fingerprint density at radius 1 is 1.29 bits per heavy atom. The Kier molecular flexibility index (Phi) is 3.94. The van der Waals surface area contributed by atoms with Crippen molar-refractivity contribution in [3.63, 3.8) is 0 Å². The zero-order chi connectivity index (χ0) is 19.1. The Morgan fingerprint density at radius 3 is 3.00 bits per heavy atom. The van der Waals surface area contributed by atoms with Gasteiger partial charge in [0, 0.05) is 34.9 Å². The van der Waals surface area contributed by atoms with Crippen LogP contribution < -0.4 is 16.4 Å².